The summed E-state index contributed by atoms with van der Waals surface area (Å²) < 4.78 is 0. The fourth-order valence-electron chi connectivity index (χ4n) is 1.60. The van der Waals surface area contributed by atoms with Crippen LogP contribution in [-0.2, 0) is 0 Å². The van der Waals surface area contributed by atoms with E-state index in [9.17, 15) is 9.59 Å². The summed E-state index contributed by atoms with van der Waals surface area (Å²) in [4.78, 5) is 23.0. The zero-order chi connectivity index (χ0) is 13.8. The molecular formula is C15H13NO3. The number of nitrogens with one attached hydrogen (secondary N) is 1. The average Bonchev–Trinajstić information content (AvgIpc) is 2.40. The van der Waals surface area contributed by atoms with Gasteiger partial charge >= 0.3 is 0 Å². The monoisotopic (exact) mass is 255 g/mol. The molecule has 0 aliphatic rings. The van der Waals surface area contributed by atoms with Crippen molar-refractivity contribution in [2.24, 2.45) is 0 Å². The Balaban J connectivity index is 2.10. The Hall–Kier alpha value is -2.62. The van der Waals surface area contributed by atoms with Crippen molar-refractivity contribution in [3.8, 4) is 5.75 Å². The molecule has 0 heterocycles. The predicted molar refractivity (Wildman–Crippen MR) is 72.5 cm³/mol. The number of phenolic OH excluding ortho intramolecular Hbond substituents is 1. The maximum absolute atomic E-state index is 11.9. The summed E-state index contributed by atoms with van der Waals surface area (Å²) in [5.41, 5.74) is 1.67. The first-order chi connectivity index (χ1) is 9.06. The van der Waals surface area contributed by atoms with Gasteiger partial charge < -0.3 is 10.4 Å². The number of carbonyl (C=O) groups is 2. The van der Waals surface area contributed by atoms with Gasteiger partial charge in [0.2, 0.25) is 0 Å². The van der Waals surface area contributed by atoms with Crippen molar-refractivity contribution >= 4 is 17.4 Å². The standard InChI is InChI=1S/C15H13NO3/c1-10(17)11-2-6-13(7-3-11)16-15(19)12-4-8-14(18)9-5-12/h2-9,18H,1H3,(H,16,19). The SMILES string of the molecule is CC(=O)c1ccc(NC(=O)c2ccc(O)cc2)cc1. The first kappa shape index (κ1) is 12.8. The molecule has 0 spiro atoms. The number of carbonyl (C=O) groups excluding carboxylic acids is 2. The molecule has 96 valence electrons. The van der Waals surface area contributed by atoms with Crippen LogP contribution in [0.25, 0.3) is 0 Å². The number of hydrogen-bond donors (Lipinski definition) is 2. The molecule has 0 unspecified atom stereocenters. The molecule has 4 heteroatoms. The number of hydrogen-bond acceptors (Lipinski definition) is 3. The van der Waals surface area contributed by atoms with Gasteiger partial charge in [0.25, 0.3) is 5.91 Å². The third kappa shape index (κ3) is 3.19. The smallest absolute Gasteiger partial charge is 0.255 e. The number of ketones is 1. The van der Waals surface area contributed by atoms with Gasteiger partial charge in [-0.25, -0.2) is 0 Å². The van der Waals surface area contributed by atoms with Crippen molar-refractivity contribution in [3.05, 3.63) is 59.7 Å². The van der Waals surface area contributed by atoms with Crippen LogP contribution in [0.1, 0.15) is 27.6 Å². The summed E-state index contributed by atoms with van der Waals surface area (Å²) in [5, 5.41) is 11.9. The van der Waals surface area contributed by atoms with Crippen LogP contribution < -0.4 is 5.32 Å². The van der Waals surface area contributed by atoms with Gasteiger partial charge in [0.15, 0.2) is 5.78 Å². The summed E-state index contributed by atoms with van der Waals surface area (Å²) in [6.07, 6.45) is 0. The molecule has 19 heavy (non-hydrogen) atoms. The Kier molecular flexibility index (Phi) is 3.61. The minimum atomic E-state index is -0.268. The molecule has 4 nitrogen and oxygen atoms in total. The number of Topliss-reactive ketones (excluding diaryl/α,β-unsaturated/α-hetero) is 1. The molecule has 0 aliphatic carbocycles. The molecule has 2 aromatic rings. The summed E-state index contributed by atoms with van der Waals surface area (Å²) in [6.45, 7) is 1.49. The molecular weight excluding hydrogens is 242 g/mol. The molecule has 0 aliphatic heterocycles. The molecule has 0 fully saturated rings. The Bertz CT molecular complexity index is 600. The summed E-state index contributed by atoms with van der Waals surface area (Å²) in [6, 6.07) is 12.7. The van der Waals surface area contributed by atoms with Crippen molar-refractivity contribution in [3.63, 3.8) is 0 Å². The minimum Gasteiger partial charge on any atom is -0.508 e. The highest BCUT2D eigenvalue weighted by molar-refractivity contribution is 6.04. The first-order valence-corrected chi connectivity index (χ1v) is 5.77. The highest BCUT2D eigenvalue weighted by Gasteiger charge is 2.06. The molecule has 2 N–H and O–H groups in total. The average molecular weight is 255 g/mol. The van der Waals surface area contributed by atoms with Crippen molar-refractivity contribution in [2.75, 3.05) is 5.32 Å². The van der Waals surface area contributed by atoms with Crippen LogP contribution >= 0.6 is 0 Å². The van der Waals surface area contributed by atoms with Gasteiger partial charge in [-0.05, 0) is 55.5 Å². The second-order valence-corrected chi connectivity index (χ2v) is 4.13. The highest BCUT2D eigenvalue weighted by Crippen LogP contribution is 2.14. The molecule has 0 saturated carbocycles. The number of benzene rings is 2. The quantitative estimate of drug-likeness (QED) is 0.829. The molecule has 0 atom stereocenters. The van der Waals surface area contributed by atoms with Gasteiger partial charge in [0, 0.05) is 16.8 Å². The van der Waals surface area contributed by atoms with E-state index in [0.717, 1.165) is 0 Å². The van der Waals surface area contributed by atoms with E-state index >= 15 is 0 Å². The van der Waals surface area contributed by atoms with Crippen LogP contribution in [0.15, 0.2) is 48.5 Å². The van der Waals surface area contributed by atoms with E-state index in [1.807, 2.05) is 0 Å². The lowest BCUT2D eigenvalue weighted by molar-refractivity contribution is 0.101. The van der Waals surface area contributed by atoms with E-state index in [1.54, 1.807) is 24.3 Å². The second kappa shape index (κ2) is 5.35. The summed E-state index contributed by atoms with van der Waals surface area (Å²) >= 11 is 0. The Morgan fingerprint density at radius 3 is 1.95 bits per heavy atom. The van der Waals surface area contributed by atoms with Crippen LogP contribution in [0.5, 0.6) is 5.75 Å². The normalized spacial score (nSPS) is 9.95. The van der Waals surface area contributed by atoms with Crippen LogP contribution in [-0.4, -0.2) is 16.8 Å². The number of phenols is 1. The summed E-state index contributed by atoms with van der Waals surface area (Å²) in [5.74, 6) is -0.172. The van der Waals surface area contributed by atoms with Crippen molar-refractivity contribution < 1.29 is 14.7 Å². The number of rotatable bonds is 3. The van der Waals surface area contributed by atoms with Gasteiger partial charge in [0.05, 0.1) is 0 Å². The van der Waals surface area contributed by atoms with Crippen LogP contribution in [0.3, 0.4) is 0 Å². The zero-order valence-corrected chi connectivity index (χ0v) is 10.4. The fourth-order valence-corrected chi connectivity index (χ4v) is 1.60. The molecule has 0 radical (unpaired) electrons. The van der Waals surface area contributed by atoms with Crippen LogP contribution in [0.4, 0.5) is 5.69 Å². The van der Waals surface area contributed by atoms with Gasteiger partial charge in [-0.2, -0.15) is 0 Å². The first-order valence-electron chi connectivity index (χ1n) is 5.77. The van der Waals surface area contributed by atoms with E-state index in [2.05, 4.69) is 5.32 Å². The van der Waals surface area contributed by atoms with E-state index in [1.165, 1.54) is 31.2 Å². The lowest BCUT2D eigenvalue weighted by Gasteiger charge is -2.06. The van der Waals surface area contributed by atoms with E-state index < -0.39 is 0 Å². The lowest BCUT2D eigenvalue weighted by Crippen LogP contribution is -2.11. The minimum absolute atomic E-state index is 0.0172. The molecule has 1 amide bonds. The highest BCUT2D eigenvalue weighted by atomic mass is 16.3. The number of aromatic hydroxyl groups is 1. The molecule has 2 rings (SSSR count). The topological polar surface area (TPSA) is 66.4 Å². The van der Waals surface area contributed by atoms with E-state index in [4.69, 9.17) is 5.11 Å². The molecule has 0 saturated heterocycles. The maximum Gasteiger partial charge on any atom is 0.255 e. The van der Waals surface area contributed by atoms with Crippen LogP contribution in [0, 0.1) is 0 Å². The third-order valence-electron chi connectivity index (χ3n) is 2.68. The molecule has 0 bridgehead atoms. The largest absolute Gasteiger partial charge is 0.508 e. The van der Waals surface area contributed by atoms with Crippen molar-refractivity contribution in [2.45, 2.75) is 6.92 Å². The second-order valence-electron chi connectivity index (χ2n) is 4.13. The maximum atomic E-state index is 11.9. The van der Waals surface area contributed by atoms with Crippen molar-refractivity contribution in [1.82, 2.24) is 0 Å². The Morgan fingerprint density at radius 2 is 1.42 bits per heavy atom. The Labute approximate surface area is 110 Å². The molecule has 2 aromatic carbocycles. The van der Waals surface area contributed by atoms with Crippen molar-refractivity contribution in [1.29, 1.82) is 0 Å². The van der Waals surface area contributed by atoms with Gasteiger partial charge in [-0.3, -0.25) is 9.59 Å². The number of amides is 1. The van der Waals surface area contributed by atoms with Crippen LogP contribution in [0.2, 0.25) is 0 Å². The lowest BCUT2D eigenvalue weighted by atomic mass is 10.1. The van der Waals surface area contributed by atoms with Gasteiger partial charge in [-0.15, -0.1) is 0 Å². The zero-order valence-electron chi connectivity index (χ0n) is 10.4. The van der Waals surface area contributed by atoms with Gasteiger partial charge in [-0.1, -0.05) is 0 Å². The number of anilines is 1. The Morgan fingerprint density at radius 1 is 0.895 bits per heavy atom. The molecule has 0 aromatic heterocycles. The third-order valence-corrected chi connectivity index (χ3v) is 2.68. The predicted octanol–water partition coefficient (Wildman–Crippen LogP) is 2.85. The summed E-state index contributed by atoms with van der Waals surface area (Å²) in [7, 11) is 0. The van der Waals surface area contributed by atoms with E-state index in [-0.39, 0.29) is 17.4 Å². The van der Waals surface area contributed by atoms with Gasteiger partial charge in [0.1, 0.15) is 5.75 Å². The fraction of sp³-hybridized carbons (Fsp3) is 0.0667. The van der Waals surface area contributed by atoms with E-state index in [0.29, 0.717) is 16.8 Å².